The van der Waals surface area contributed by atoms with Crippen molar-refractivity contribution >= 4 is 46.7 Å². The van der Waals surface area contributed by atoms with Gasteiger partial charge >= 0.3 is 5.97 Å². The average Bonchev–Trinajstić information content (AvgIpc) is 3.35. The molecule has 0 radical (unpaired) electrons. The van der Waals surface area contributed by atoms with Gasteiger partial charge in [0.1, 0.15) is 54.2 Å². The third-order valence-electron chi connectivity index (χ3n) is 11.1. The van der Waals surface area contributed by atoms with Gasteiger partial charge in [-0.2, -0.15) is 0 Å². The standard InChI is InChI=1S/C51H54Cl3NO13/c1-33(57)64-47-46(63-31-37-21-13-6-14-22-37)44(40(27-56)66-49(47)65-39-25-23-38(59-2)24-26-39)68-48-42(55-50(58)51(52,53)54)45(62-30-36-19-11-5-12-20-36)43(61-29-35-17-9-4-10-18-35)41(67-48)32-60-28-34-15-7-3-8-16-34/h3-26,40-49,56H,27-32H2,1-2H3,(H,55,58)/t40-,41-,42-,43+,44-,45-,46+,47+,48+,49+/m1/s1. The van der Waals surface area contributed by atoms with Crippen molar-refractivity contribution in [3.05, 3.63) is 168 Å². The molecule has 0 saturated carbocycles. The molecule has 1 amide bonds. The van der Waals surface area contributed by atoms with Crippen LogP contribution >= 0.6 is 34.8 Å². The van der Waals surface area contributed by atoms with Crippen molar-refractivity contribution in [1.29, 1.82) is 0 Å². The number of hydrogen-bond acceptors (Lipinski definition) is 13. The molecule has 2 heterocycles. The molecule has 68 heavy (non-hydrogen) atoms. The minimum atomic E-state index is -2.44. The first-order valence-electron chi connectivity index (χ1n) is 22.0. The van der Waals surface area contributed by atoms with E-state index >= 15 is 0 Å². The molecular weight excluding hydrogens is 941 g/mol. The lowest BCUT2D eigenvalue weighted by molar-refractivity contribution is -0.349. The molecular formula is C51H54Cl3NO13. The van der Waals surface area contributed by atoms with E-state index in [4.69, 9.17) is 82.2 Å². The van der Waals surface area contributed by atoms with E-state index in [2.05, 4.69) is 5.32 Å². The van der Waals surface area contributed by atoms with Crippen LogP contribution in [0.5, 0.6) is 11.5 Å². The fraction of sp³-hybridized carbons (Fsp3) is 0.373. The Morgan fingerprint density at radius 2 is 1.06 bits per heavy atom. The second-order valence-corrected chi connectivity index (χ2v) is 18.3. The number of halogens is 3. The summed E-state index contributed by atoms with van der Waals surface area (Å²) in [5, 5.41) is 13.9. The molecule has 0 spiro atoms. The summed E-state index contributed by atoms with van der Waals surface area (Å²) in [6.45, 7) is 0.949. The van der Waals surface area contributed by atoms with E-state index in [1.54, 1.807) is 24.3 Å². The topological polar surface area (TPSA) is 159 Å². The predicted octanol–water partition coefficient (Wildman–Crippen LogP) is 7.66. The normalized spacial score (nSPS) is 25.0. The van der Waals surface area contributed by atoms with Gasteiger partial charge in [0.2, 0.25) is 6.29 Å². The first-order valence-corrected chi connectivity index (χ1v) is 23.1. The minimum absolute atomic E-state index is 0.00362. The summed E-state index contributed by atoms with van der Waals surface area (Å²) >= 11 is 18.7. The third kappa shape index (κ3) is 14.4. The van der Waals surface area contributed by atoms with Crippen LogP contribution < -0.4 is 14.8 Å². The van der Waals surface area contributed by atoms with Crippen LogP contribution in [0, 0.1) is 0 Å². The van der Waals surface area contributed by atoms with Gasteiger partial charge in [-0.05, 0) is 46.5 Å². The summed E-state index contributed by atoms with van der Waals surface area (Å²) in [5.41, 5.74) is 3.35. The number of esters is 1. The monoisotopic (exact) mass is 993 g/mol. The van der Waals surface area contributed by atoms with Gasteiger partial charge in [-0.1, -0.05) is 156 Å². The minimum Gasteiger partial charge on any atom is -0.497 e. The fourth-order valence-electron chi connectivity index (χ4n) is 7.84. The molecule has 5 aromatic carbocycles. The number of carbonyl (C=O) groups excluding carboxylic acids is 2. The number of amides is 1. The van der Waals surface area contributed by atoms with Crippen LogP contribution in [-0.4, -0.2) is 102 Å². The highest BCUT2D eigenvalue weighted by atomic mass is 35.6. The molecule has 10 atom stereocenters. The van der Waals surface area contributed by atoms with Crippen LogP contribution in [0.15, 0.2) is 146 Å². The first-order chi connectivity index (χ1) is 33.0. The van der Waals surface area contributed by atoms with Crippen molar-refractivity contribution in [3.63, 3.8) is 0 Å². The zero-order valence-electron chi connectivity index (χ0n) is 37.4. The Hall–Kier alpha value is -4.81. The van der Waals surface area contributed by atoms with Crippen LogP contribution in [-0.2, 0) is 73.9 Å². The number of methoxy groups -OCH3 is 1. The van der Waals surface area contributed by atoms with Crippen LogP contribution in [0.1, 0.15) is 29.2 Å². The van der Waals surface area contributed by atoms with E-state index in [1.807, 2.05) is 121 Å². The second kappa shape index (κ2) is 25.2. The lowest BCUT2D eigenvalue weighted by atomic mass is 9.94. The van der Waals surface area contributed by atoms with Crippen molar-refractivity contribution in [2.75, 3.05) is 20.3 Å². The number of rotatable bonds is 21. The summed E-state index contributed by atoms with van der Waals surface area (Å²) in [5.74, 6) is -0.772. The summed E-state index contributed by atoms with van der Waals surface area (Å²) in [6.07, 6.45) is -10.8. The smallest absolute Gasteiger partial charge is 0.303 e. The molecule has 5 aromatic rings. The number of alkyl halides is 3. The molecule has 0 bridgehead atoms. The number of aliphatic hydroxyl groups excluding tert-OH is 1. The van der Waals surface area contributed by atoms with Crippen molar-refractivity contribution in [3.8, 4) is 11.5 Å². The maximum atomic E-state index is 13.9. The lowest BCUT2D eigenvalue weighted by Crippen LogP contribution is -2.69. The van der Waals surface area contributed by atoms with Crippen molar-refractivity contribution in [2.24, 2.45) is 0 Å². The Balaban J connectivity index is 1.29. The highest BCUT2D eigenvalue weighted by Gasteiger charge is 2.56. The van der Waals surface area contributed by atoms with Gasteiger partial charge in [-0.3, -0.25) is 9.59 Å². The maximum absolute atomic E-state index is 13.9. The fourth-order valence-corrected chi connectivity index (χ4v) is 8.01. The second-order valence-electron chi connectivity index (χ2n) is 16.0. The van der Waals surface area contributed by atoms with Gasteiger partial charge in [0.05, 0.1) is 46.8 Å². The Morgan fingerprint density at radius 3 is 1.54 bits per heavy atom. The van der Waals surface area contributed by atoms with Crippen molar-refractivity contribution < 1.29 is 62.1 Å². The third-order valence-corrected chi connectivity index (χ3v) is 11.6. The quantitative estimate of drug-likeness (QED) is 0.0546. The molecule has 362 valence electrons. The van der Waals surface area contributed by atoms with Gasteiger partial charge in [-0.25, -0.2) is 0 Å². The SMILES string of the molecule is COc1ccc(O[C@H]2O[C@H](CO)[C@@H](O[C@@H]3O[C@H](COCc4ccccc4)[C@H](OCc4ccccc4)[C@H](OCc4ccccc4)[C@H]3NC(=O)C(Cl)(Cl)Cl)[C@H](OCc3ccccc3)[C@@H]2OC(C)=O)cc1. The number of hydrogen-bond donors (Lipinski definition) is 2. The Labute approximate surface area is 410 Å². The lowest BCUT2D eigenvalue weighted by Gasteiger charge is -2.50. The molecule has 0 aliphatic carbocycles. The van der Waals surface area contributed by atoms with Gasteiger partial charge in [-0.15, -0.1) is 0 Å². The number of nitrogens with one attached hydrogen (secondary N) is 1. The van der Waals surface area contributed by atoms with E-state index in [-0.39, 0.29) is 33.0 Å². The zero-order valence-corrected chi connectivity index (χ0v) is 39.6. The van der Waals surface area contributed by atoms with E-state index in [9.17, 15) is 14.7 Å². The van der Waals surface area contributed by atoms with E-state index in [0.717, 1.165) is 22.3 Å². The summed E-state index contributed by atoms with van der Waals surface area (Å²) in [7, 11) is 1.54. The van der Waals surface area contributed by atoms with Crippen molar-refractivity contribution in [1.82, 2.24) is 5.32 Å². The summed E-state index contributed by atoms with van der Waals surface area (Å²) < 4.78 is 61.8. The summed E-state index contributed by atoms with van der Waals surface area (Å²) in [4.78, 5) is 26.8. The molecule has 0 unspecified atom stereocenters. The highest BCUT2D eigenvalue weighted by molar-refractivity contribution is 6.76. The van der Waals surface area contributed by atoms with E-state index < -0.39 is 83.6 Å². The number of benzene rings is 5. The summed E-state index contributed by atoms with van der Waals surface area (Å²) in [6, 6.07) is 43.2. The van der Waals surface area contributed by atoms with Gasteiger partial charge in [0, 0.05) is 6.92 Å². The van der Waals surface area contributed by atoms with Gasteiger partial charge in [0.25, 0.3) is 9.70 Å². The van der Waals surface area contributed by atoms with Gasteiger partial charge < -0.3 is 57.8 Å². The maximum Gasteiger partial charge on any atom is 0.303 e. The average molecular weight is 995 g/mol. The Kier molecular flexibility index (Phi) is 18.9. The molecule has 2 saturated heterocycles. The number of carbonyl (C=O) groups is 2. The van der Waals surface area contributed by atoms with Gasteiger partial charge in [0.15, 0.2) is 12.4 Å². The highest BCUT2D eigenvalue weighted by Crippen LogP contribution is 2.37. The number of aliphatic hydroxyl groups is 1. The largest absolute Gasteiger partial charge is 0.497 e. The molecule has 14 nitrogen and oxygen atoms in total. The number of ether oxygens (including phenoxy) is 10. The molecule has 2 aliphatic heterocycles. The van der Waals surface area contributed by atoms with Crippen LogP contribution in [0.4, 0.5) is 0 Å². The van der Waals surface area contributed by atoms with Crippen LogP contribution in [0.25, 0.3) is 0 Å². The molecule has 2 fully saturated rings. The van der Waals surface area contributed by atoms with E-state index in [0.29, 0.717) is 11.5 Å². The zero-order chi connectivity index (χ0) is 47.9. The van der Waals surface area contributed by atoms with Crippen LogP contribution in [0.2, 0.25) is 0 Å². The molecule has 2 aliphatic rings. The predicted molar refractivity (Wildman–Crippen MR) is 252 cm³/mol. The molecule has 17 heteroatoms. The molecule has 7 rings (SSSR count). The van der Waals surface area contributed by atoms with Crippen LogP contribution in [0.3, 0.4) is 0 Å². The molecule has 2 N–H and O–H groups in total. The van der Waals surface area contributed by atoms with Crippen molar-refractivity contribution in [2.45, 2.75) is 98.5 Å². The molecule has 0 aromatic heterocycles. The van der Waals surface area contributed by atoms with E-state index in [1.165, 1.54) is 14.0 Å². The Bertz CT molecular complexity index is 2280. The first kappa shape index (κ1) is 51.1. The Morgan fingerprint density at radius 1 is 0.588 bits per heavy atom.